The minimum Gasteiger partial charge on any atom is -0.337 e. The summed E-state index contributed by atoms with van der Waals surface area (Å²) >= 11 is 9.62. The maximum Gasteiger partial charge on any atom is 0.246 e. The number of thiophene rings is 2. The van der Waals surface area contributed by atoms with E-state index in [1.54, 1.807) is 46.8 Å². The van der Waals surface area contributed by atoms with Crippen LogP contribution in [0.15, 0.2) is 47.9 Å². The molecule has 2 nitrogen and oxygen atoms in total. The van der Waals surface area contributed by atoms with E-state index >= 15 is 0 Å². The molecule has 0 radical (unpaired) electrons. The van der Waals surface area contributed by atoms with Gasteiger partial charge in [0.15, 0.2) is 0 Å². The first-order valence-corrected chi connectivity index (χ1v) is 8.85. The number of amides is 1. The molecule has 5 heteroatoms. The summed E-state index contributed by atoms with van der Waals surface area (Å²) in [6.07, 6.45) is 3.39. The molecule has 2 heterocycles. The van der Waals surface area contributed by atoms with Crippen molar-refractivity contribution in [2.75, 3.05) is 7.05 Å². The van der Waals surface area contributed by atoms with Gasteiger partial charge in [0.1, 0.15) is 0 Å². The Morgan fingerprint density at radius 3 is 2.82 bits per heavy atom. The second-order valence-corrected chi connectivity index (χ2v) is 7.38. The highest BCUT2D eigenvalue weighted by Crippen LogP contribution is 2.35. The van der Waals surface area contributed by atoms with E-state index in [9.17, 15) is 4.79 Å². The van der Waals surface area contributed by atoms with E-state index in [-0.39, 0.29) is 5.91 Å². The third-order valence-corrected chi connectivity index (χ3v) is 5.80. The monoisotopic (exact) mass is 347 g/mol. The molecule has 0 aliphatic rings. The summed E-state index contributed by atoms with van der Waals surface area (Å²) in [6.45, 7) is 0.626. The Hall–Kier alpha value is -1.62. The number of likely N-dealkylation sites (N-methyl/N-ethyl adjacent to an activating group) is 1. The van der Waals surface area contributed by atoms with Crippen LogP contribution in [0.25, 0.3) is 16.2 Å². The molecule has 0 atom stereocenters. The molecule has 0 fully saturated rings. The largest absolute Gasteiger partial charge is 0.337 e. The van der Waals surface area contributed by atoms with Gasteiger partial charge in [-0.15, -0.1) is 22.7 Å². The minimum atomic E-state index is -0.0260. The van der Waals surface area contributed by atoms with Crippen molar-refractivity contribution in [1.82, 2.24) is 4.90 Å². The number of hydrogen-bond donors (Lipinski definition) is 0. The number of carbonyl (C=O) groups is 1. The van der Waals surface area contributed by atoms with Gasteiger partial charge < -0.3 is 4.90 Å². The first-order valence-electron chi connectivity index (χ1n) is 6.78. The van der Waals surface area contributed by atoms with Crippen LogP contribution in [0.1, 0.15) is 9.75 Å². The Bertz CT molecular complexity index is 820. The molecule has 0 N–H and O–H groups in total. The molecule has 0 aliphatic carbocycles. The van der Waals surface area contributed by atoms with Crippen LogP contribution in [-0.2, 0) is 11.3 Å². The Balaban J connectivity index is 1.74. The van der Waals surface area contributed by atoms with E-state index in [0.29, 0.717) is 11.6 Å². The van der Waals surface area contributed by atoms with E-state index in [4.69, 9.17) is 11.6 Å². The van der Waals surface area contributed by atoms with Crippen LogP contribution in [0, 0.1) is 0 Å². The van der Waals surface area contributed by atoms with Crippen LogP contribution in [0.3, 0.4) is 0 Å². The molecule has 3 aromatic rings. The number of nitrogens with zero attached hydrogens (tertiary/aromatic N) is 1. The van der Waals surface area contributed by atoms with Crippen molar-refractivity contribution in [2.24, 2.45) is 0 Å². The average Bonchev–Trinajstić information content (AvgIpc) is 3.13. The third kappa shape index (κ3) is 3.24. The Labute approximate surface area is 142 Å². The van der Waals surface area contributed by atoms with E-state index in [2.05, 4.69) is 0 Å². The number of fused-ring (bicyclic) bond motifs is 1. The number of benzene rings is 1. The van der Waals surface area contributed by atoms with Crippen molar-refractivity contribution in [3.8, 4) is 0 Å². The van der Waals surface area contributed by atoms with Crippen molar-refractivity contribution in [3.05, 3.63) is 62.6 Å². The lowest BCUT2D eigenvalue weighted by molar-refractivity contribution is -0.125. The summed E-state index contributed by atoms with van der Waals surface area (Å²) in [7, 11) is 1.80. The zero-order valence-corrected chi connectivity index (χ0v) is 14.3. The second-order valence-electron chi connectivity index (χ2n) is 4.88. The van der Waals surface area contributed by atoms with Crippen molar-refractivity contribution < 1.29 is 4.79 Å². The molecule has 0 saturated carbocycles. The lowest BCUT2D eigenvalue weighted by Gasteiger charge is -2.13. The predicted octanol–water partition coefficient (Wildman–Crippen LogP) is 5.29. The van der Waals surface area contributed by atoms with Gasteiger partial charge in [0.05, 0.1) is 11.6 Å². The van der Waals surface area contributed by atoms with Crippen LogP contribution in [0.4, 0.5) is 0 Å². The summed E-state index contributed by atoms with van der Waals surface area (Å²) in [4.78, 5) is 16.0. The molecule has 3 rings (SSSR count). The molecular weight excluding hydrogens is 334 g/mol. The summed E-state index contributed by atoms with van der Waals surface area (Å²) < 4.78 is 1.13. The zero-order chi connectivity index (χ0) is 15.5. The van der Waals surface area contributed by atoms with Crippen LogP contribution in [0.5, 0.6) is 0 Å². The summed E-state index contributed by atoms with van der Waals surface area (Å²) in [5.74, 6) is -0.0260. The maximum absolute atomic E-state index is 12.2. The lowest BCUT2D eigenvalue weighted by atomic mass is 10.2. The summed E-state index contributed by atoms with van der Waals surface area (Å²) in [6, 6.07) is 12.0. The van der Waals surface area contributed by atoms with Crippen LogP contribution in [-0.4, -0.2) is 17.9 Å². The highest BCUT2D eigenvalue weighted by molar-refractivity contribution is 7.20. The highest BCUT2D eigenvalue weighted by atomic mass is 35.5. The van der Waals surface area contributed by atoms with Gasteiger partial charge in [-0.2, -0.15) is 0 Å². The van der Waals surface area contributed by atoms with Crippen molar-refractivity contribution in [1.29, 1.82) is 0 Å². The molecule has 1 amide bonds. The van der Waals surface area contributed by atoms with Gasteiger partial charge >= 0.3 is 0 Å². The van der Waals surface area contributed by atoms with Gasteiger partial charge in [0, 0.05) is 33.0 Å². The van der Waals surface area contributed by atoms with Gasteiger partial charge in [0.25, 0.3) is 0 Å². The molecule has 0 unspecified atom stereocenters. The smallest absolute Gasteiger partial charge is 0.246 e. The molecule has 22 heavy (non-hydrogen) atoms. The molecule has 0 saturated heterocycles. The van der Waals surface area contributed by atoms with Gasteiger partial charge in [-0.1, -0.05) is 35.9 Å². The second kappa shape index (κ2) is 6.65. The molecule has 2 aromatic heterocycles. The van der Waals surface area contributed by atoms with Crippen LogP contribution < -0.4 is 0 Å². The minimum absolute atomic E-state index is 0.0260. The van der Waals surface area contributed by atoms with E-state index in [1.807, 2.05) is 41.8 Å². The van der Waals surface area contributed by atoms with Crippen molar-refractivity contribution in [3.63, 3.8) is 0 Å². The summed E-state index contributed by atoms with van der Waals surface area (Å²) in [5, 5.41) is 3.76. The molecule has 112 valence electrons. The van der Waals surface area contributed by atoms with Crippen LogP contribution >= 0.6 is 34.3 Å². The molecule has 1 aromatic carbocycles. The number of rotatable bonds is 4. The fourth-order valence-electron chi connectivity index (χ4n) is 2.13. The van der Waals surface area contributed by atoms with Crippen LogP contribution in [0.2, 0.25) is 5.02 Å². The van der Waals surface area contributed by atoms with Crippen molar-refractivity contribution >= 4 is 56.3 Å². The number of carbonyl (C=O) groups excluding carboxylic acids is 1. The van der Waals surface area contributed by atoms with Crippen molar-refractivity contribution in [2.45, 2.75) is 6.54 Å². The highest BCUT2D eigenvalue weighted by Gasteiger charge is 2.09. The molecule has 0 spiro atoms. The topological polar surface area (TPSA) is 20.3 Å². The number of hydrogen-bond acceptors (Lipinski definition) is 3. The average molecular weight is 348 g/mol. The van der Waals surface area contributed by atoms with E-state index in [0.717, 1.165) is 15.0 Å². The Morgan fingerprint density at radius 2 is 2.09 bits per heavy atom. The maximum atomic E-state index is 12.2. The SMILES string of the molecule is CN(Cc1cccs1)C(=O)C=Cc1sc2ccccc2c1Cl. The van der Waals surface area contributed by atoms with Gasteiger partial charge in [-0.05, 0) is 23.6 Å². The van der Waals surface area contributed by atoms with Gasteiger partial charge in [-0.25, -0.2) is 0 Å². The Kier molecular flexibility index (Phi) is 4.62. The molecular formula is C17H14ClNOS2. The zero-order valence-electron chi connectivity index (χ0n) is 12.0. The lowest BCUT2D eigenvalue weighted by Crippen LogP contribution is -2.23. The quantitative estimate of drug-likeness (QED) is 0.587. The van der Waals surface area contributed by atoms with Gasteiger partial charge in [0.2, 0.25) is 5.91 Å². The summed E-state index contributed by atoms with van der Waals surface area (Å²) in [5.41, 5.74) is 0. The van der Waals surface area contributed by atoms with E-state index < -0.39 is 0 Å². The molecule has 0 aliphatic heterocycles. The third-order valence-electron chi connectivity index (χ3n) is 3.29. The van der Waals surface area contributed by atoms with Gasteiger partial charge in [-0.3, -0.25) is 4.79 Å². The fraction of sp³-hybridized carbons (Fsp3) is 0.118. The first-order chi connectivity index (χ1) is 10.6. The predicted molar refractivity (Wildman–Crippen MR) is 96.7 cm³/mol. The van der Waals surface area contributed by atoms with E-state index in [1.165, 1.54) is 4.88 Å². The molecule has 0 bridgehead atoms. The first kappa shape index (κ1) is 15.3. The number of halogens is 1. The fourth-order valence-corrected chi connectivity index (χ4v) is 4.28. The standard InChI is InChI=1S/C17H14ClNOS2/c1-19(11-12-5-4-10-21-12)16(20)9-8-15-17(18)13-6-2-3-7-14(13)22-15/h2-10H,11H2,1H3. The normalized spacial score (nSPS) is 11.4. The Morgan fingerprint density at radius 1 is 1.27 bits per heavy atom.